The van der Waals surface area contributed by atoms with Gasteiger partial charge in [0.25, 0.3) is 10.0 Å². The summed E-state index contributed by atoms with van der Waals surface area (Å²) in [6.07, 6.45) is 0.206. The van der Waals surface area contributed by atoms with Crippen LogP contribution in [-0.2, 0) is 32.6 Å². The van der Waals surface area contributed by atoms with Gasteiger partial charge in [-0.3, -0.25) is 13.9 Å². The zero-order chi connectivity index (χ0) is 34.2. The van der Waals surface area contributed by atoms with Gasteiger partial charge in [-0.25, -0.2) is 8.42 Å². The van der Waals surface area contributed by atoms with E-state index in [4.69, 9.17) is 16.3 Å². The molecule has 1 N–H and O–H groups in total. The Balaban J connectivity index is 1.82. The van der Waals surface area contributed by atoms with Gasteiger partial charge in [0.1, 0.15) is 18.3 Å². The largest absolute Gasteiger partial charge is 0.494 e. The molecule has 1 atom stereocenters. The summed E-state index contributed by atoms with van der Waals surface area (Å²) >= 11 is 9.68. The molecule has 0 aromatic heterocycles. The molecule has 0 aliphatic heterocycles. The second kappa shape index (κ2) is 15.8. The van der Waals surface area contributed by atoms with Crippen LogP contribution in [0.5, 0.6) is 5.75 Å². The summed E-state index contributed by atoms with van der Waals surface area (Å²) in [5, 5.41) is 3.50. The molecule has 248 valence electrons. The van der Waals surface area contributed by atoms with E-state index < -0.39 is 34.1 Å². The van der Waals surface area contributed by atoms with Gasteiger partial charge >= 0.3 is 0 Å². The van der Waals surface area contributed by atoms with Crippen LogP contribution in [0.3, 0.4) is 0 Å². The summed E-state index contributed by atoms with van der Waals surface area (Å²) in [6.45, 7) is 7.35. The Bertz CT molecular complexity index is 1760. The number of sulfonamides is 1. The number of rotatable bonds is 13. The Morgan fingerprint density at radius 1 is 0.894 bits per heavy atom. The third-order valence-electron chi connectivity index (χ3n) is 7.13. The topological polar surface area (TPSA) is 96.0 Å². The first-order valence-corrected chi connectivity index (χ1v) is 17.8. The summed E-state index contributed by atoms with van der Waals surface area (Å²) in [7, 11) is -4.24. The molecular weight excluding hydrogens is 702 g/mol. The van der Waals surface area contributed by atoms with Gasteiger partial charge in [0.05, 0.1) is 17.2 Å². The number of hydrogen-bond acceptors (Lipinski definition) is 5. The van der Waals surface area contributed by atoms with Gasteiger partial charge in [-0.2, -0.15) is 0 Å². The Hall–Kier alpha value is -3.86. The van der Waals surface area contributed by atoms with E-state index in [1.54, 1.807) is 54.6 Å². The van der Waals surface area contributed by atoms with Crippen molar-refractivity contribution in [1.29, 1.82) is 0 Å². The van der Waals surface area contributed by atoms with Crippen molar-refractivity contribution >= 4 is 55.1 Å². The average Bonchev–Trinajstić information content (AvgIpc) is 3.02. The molecule has 0 fully saturated rings. The van der Waals surface area contributed by atoms with Crippen LogP contribution in [0.25, 0.3) is 0 Å². The average molecular weight is 741 g/mol. The number of amides is 2. The molecule has 0 saturated heterocycles. The van der Waals surface area contributed by atoms with Crippen molar-refractivity contribution in [3.63, 3.8) is 0 Å². The zero-order valence-corrected chi connectivity index (χ0v) is 30.0. The van der Waals surface area contributed by atoms with E-state index in [2.05, 4.69) is 21.2 Å². The molecule has 4 aromatic rings. The van der Waals surface area contributed by atoms with Crippen LogP contribution in [0, 0.1) is 0 Å². The van der Waals surface area contributed by atoms with E-state index in [0.717, 1.165) is 9.87 Å². The van der Waals surface area contributed by atoms with Crippen LogP contribution < -0.4 is 14.4 Å². The Morgan fingerprint density at radius 2 is 1.53 bits per heavy atom. The molecule has 4 rings (SSSR count). The fraction of sp³-hybridized carbons (Fsp3) is 0.278. The highest BCUT2D eigenvalue weighted by Gasteiger charge is 2.35. The van der Waals surface area contributed by atoms with Crippen LogP contribution in [0.4, 0.5) is 5.69 Å². The lowest BCUT2D eigenvalue weighted by Gasteiger charge is -2.35. The number of nitrogens with zero attached hydrogens (tertiary/aromatic N) is 2. The quantitative estimate of drug-likeness (QED) is 0.156. The number of halogens is 2. The number of carbonyl (C=O) groups is 2. The summed E-state index contributed by atoms with van der Waals surface area (Å²) in [5.41, 5.74) is 1.22. The normalized spacial score (nSPS) is 12.2. The maximum Gasteiger partial charge on any atom is 0.264 e. The van der Waals surface area contributed by atoms with E-state index in [9.17, 15) is 18.0 Å². The molecule has 0 unspecified atom stereocenters. The standard InChI is InChI=1S/C36H39BrClN3O5S/c1-5-46-31-18-16-30(17-19-31)41(47(44,45)32-20-14-28(37)15-21-32)25-34(42)40(24-27-12-9-13-29(38)22-27)33(35(43)39-36(2,3)4)23-26-10-7-6-8-11-26/h6-22,33H,5,23-25H2,1-4H3,(H,39,43)/t33-/m1/s1. The summed E-state index contributed by atoms with van der Waals surface area (Å²) < 4.78 is 35.8. The minimum Gasteiger partial charge on any atom is -0.494 e. The molecule has 8 nitrogen and oxygen atoms in total. The van der Waals surface area contributed by atoms with Crippen molar-refractivity contribution in [3.05, 3.63) is 124 Å². The van der Waals surface area contributed by atoms with E-state index in [0.29, 0.717) is 27.4 Å². The number of ether oxygens (including phenoxy) is 1. The smallest absolute Gasteiger partial charge is 0.264 e. The maximum absolute atomic E-state index is 14.6. The highest BCUT2D eigenvalue weighted by atomic mass is 79.9. The Kier molecular flexibility index (Phi) is 12.1. The summed E-state index contributed by atoms with van der Waals surface area (Å²) in [5.74, 6) is -0.363. The predicted molar refractivity (Wildman–Crippen MR) is 190 cm³/mol. The molecular formula is C36H39BrClN3O5S. The molecule has 0 radical (unpaired) electrons. The highest BCUT2D eigenvalue weighted by Crippen LogP contribution is 2.28. The zero-order valence-electron chi connectivity index (χ0n) is 26.8. The fourth-order valence-corrected chi connectivity index (χ4v) is 6.87. The van der Waals surface area contributed by atoms with Gasteiger partial charge in [-0.15, -0.1) is 0 Å². The summed E-state index contributed by atoms with van der Waals surface area (Å²) in [6, 6.07) is 28.2. The van der Waals surface area contributed by atoms with Crippen LogP contribution in [0.2, 0.25) is 5.02 Å². The number of hydrogen-bond donors (Lipinski definition) is 1. The Morgan fingerprint density at radius 3 is 2.13 bits per heavy atom. The first-order valence-electron chi connectivity index (χ1n) is 15.2. The summed E-state index contributed by atoms with van der Waals surface area (Å²) in [4.78, 5) is 30.0. The molecule has 4 aromatic carbocycles. The van der Waals surface area contributed by atoms with Crippen LogP contribution in [0.15, 0.2) is 112 Å². The molecule has 0 aliphatic carbocycles. The molecule has 0 bridgehead atoms. The third kappa shape index (κ3) is 10.1. The van der Waals surface area contributed by atoms with Crippen LogP contribution in [0.1, 0.15) is 38.8 Å². The van der Waals surface area contributed by atoms with Crippen molar-refractivity contribution in [2.45, 2.75) is 57.1 Å². The highest BCUT2D eigenvalue weighted by molar-refractivity contribution is 9.10. The van der Waals surface area contributed by atoms with Gasteiger partial charge in [0, 0.05) is 28.0 Å². The molecule has 47 heavy (non-hydrogen) atoms. The maximum atomic E-state index is 14.6. The first kappa shape index (κ1) is 36.0. The van der Waals surface area contributed by atoms with Crippen molar-refractivity contribution in [2.75, 3.05) is 17.5 Å². The van der Waals surface area contributed by atoms with Gasteiger partial charge in [0.2, 0.25) is 11.8 Å². The number of anilines is 1. The number of nitrogens with one attached hydrogen (secondary N) is 1. The van der Waals surface area contributed by atoms with Gasteiger partial charge in [0.15, 0.2) is 0 Å². The van der Waals surface area contributed by atoms with Gasteiger partial charge < -0.3 is 15.0 Å². The minimum absolute atomic E-state index is 0.00934. The van der Waals surface area contributed by atoms with Crippen molar-refractivity contribution < 1.29 is 22.7 Å². The first-order chi connectivity index (χ1) is 22.3. The Labute approximate surface area is 290 Å². The minimum atomic E-state index is -4.24. The van der Waals surface area contributed by atoms with E-state index in [1.165, 1.54) is 17.0 Å². The second-order valence-corrected chi connectivity index (χ2v) is 15.2. The van der Waals surface area contributed by atoms with Crippen molar-refractivity contribution in [1.82, 2.24) is 10.2 Å². The van der Waals surface area contributed by atoms with Crippen LogP contribution in [-0.4, -0.2) is 49.9 Å². The molecule has 0 aliphatic rings. The van der Waals surface area contributed by atoms with Crippen molar-refractivity contribution in [3.8, 4) is 5.75 Å². The molecule has 2 amide bonds. The fourth-order valence-electron chi connectivity index (χ4n) is 4.98. The molecule has 0 heterocycles. The second-order valence-electron chi connectivity index (χ2n) is 12.0. The van der Waals surface area contributed by atoms with E-state index in [1.807, 2.05) is 64.1 Å². The van der Waals surface area contributed by atoms with Crippen molar-refractivity contribution in [2.24, 2.45) is 0 Å². The monoisotopic (exact) mass is 739 g/mol. The predicted octanol–water partition coefficient (Wildman–Crippen LogP) is 7.25. The van der Waals surface area contributed by atoms with Gasteiger partial charge in [-0.05, 0) is 99.5 Å². The van der Waals surface area contributed by atoms with E-state index >= 15 is 0 Å². The SMILES string of the molecule is CCOc1ccc(N(CC(=O)N(Cc2cccc(Cl)c2)[C@H](Cc2ccccc2)C(=O)NC(C)(C)C)S(=O)(=O)c2ccc(Br)cc2)cc1. The molecule has 11 heteroatoms. The number of carbonyl (C=O) groups excluding carboxylic acids is 2. The molecule has 0 spiro atoms. The van der Waals surface area contributed by atoms with Gasteiger partial charge in [-0.1, -0.05) is 70.0 Å². The van der Waals surface area contributed by atoms with E-state index in [-0.39, 0.29) is 29.5 Å². The van der Waals surface area contributed by atoms with Crippen LogP contribution >= 0.6 is 27.5 Å². The number of benzene rings is 4. The lowest BCUT2D eigenvalue weighted by molar-refractivity contribution is -0.140. The lowest BCUT2D eigenvalue weighted by atomic mass is 10.0. The molecule has 0 saturated carbocycles. The third-order valence-corrected chi connectivity index (χ3v) is 9.68. The lowest BCUT2D eigenvalue weighted by Crippen LogP contribution is -2.56.